The SMILES string of the molecule is CC(=O)NC(=S)N(/N=C/c1ccccc1)C(C)=O. The van der Waals surface area contributed by atoms with E-state index >= 15 is 0 Å². The minimum absolute atomic E-state index is 0.0396. The largest absolute Gasteiger partial charge is 0.301 e. The number of thiocarbonyl (C=S) groups is 1. The van der Waals surface area contributed by atoms with Crippen molar-refractivity contribution in [1.29, 1.82) is 0 Å². The Balaban J connectivity index is 2.81. The van der Waals surface area contributed by atoms with Crippen molar-refractivity contribution in [1.82, 2.24) is 10.3 Å². The molecule has 1 aromatic carbocycles. The van der Waals surface area contributed by atoms with Crippen LogP contribution in [0, 0.1) is 0 Å². The quantitative estimate of drug-likeness (QED) is 0.497. The third-order valence-corrected chi connectivity index (χ3v) is 2.17. The maximum atomic E-state index is 11.4. The number of amides is 2. The summed E-state index contributed by atoms with van der Waals surface area (Å²) < 4.78 is 0. The zero-order chi connectivity index (χ0) is 13.5. The molecule has 0 bridgehead atoms. The highest BCUT2D eigenvalue weighted by atomic mass is 32.1. The molecule has 0 heterocycles. The average Bonchev–Trinajstić information content (AvgIpc) is 2.29. The van der Waals surface area contributed by atoms with E-state index in [-0.39, 0.29) is 16.9 Å². The molecule has 0 radical (unpaired) electrons. The smallest absolute Gasteiger partial charge is 0.246 e. The molecule has 5 nitrogen and oxygen atoms in total. The Bertz CT molecular complexity index is 485. The van der Waals surface area contributed by atoms with Gasteiger partial charge in [0.1, 0.15) is 0 Å². The maximum absolute atomic E-state index is 11.4. The standard InChI is InChI=1S/C12H13N3O2S/c1-9(16)14-12(18)15(10(2)17)13-8-11-6-4-3-5-7-11/h3-8H,1-2H3,(H,14,16,18)/b13-8+. The molecule has 1 rings (SSSR count). The predicted molar refractivity (Wildman–Crippen MR) is 73.0 cm³/mol. The van der Waals surface area contributed by atoms with Crippen molar-refractivity contribution in [3.05, 3.63) is 35.9 Å². The topological polar surface area (TPSA) is 61.8 Å². The van der Waals surface area contributed by atoms with Gasteiger partial charge in [0, 0.05) is 13.8 Å². The number of benzene rings is 1. The van der Waals surface area contributed by atoms with Crippen LogP contribution in [0.5, 0.6) is 0 Å². The van der Waals surface area contributed by atoms with E-state index in [9.17, 15) is 9.59 Å². The Hall–Kier alpha value is -2.08. The van der Waals surface area contributed by atoms with Crippen LogP contribution in [0.25, 0.3) is 0 Å². The molecule has 1 N–H and O–H groups in total. The number of hydrazone groups is 1. The van der Waals surface area contributed by atoms with Crippen molar-refractivity contribution in [3.8, 4) is 0 Å². The predicted octanol–water partition coefficient (Wildman–Crippen LogP) is 1.29. The fourth-order valence-corrected chi connectivity index (χ4v) is 1.46. The lowest BCUT2D eigenvalue weighted by molar-refractivity contribution is -0.125. The molecule has 2 amide bonds. The number of carbonyl (C=O) groups is 2. The molecule has 6 heteroatoms. The van der Waals surface area contributed by atoms with Gasteiger partial charge in [-0.2, -0.15) is 10.1 Å². The normalized spacial score (nSPS) is 10.1. The highest BCUT2D eigenvalue weighted by molar-refractivity contribution is 7.80. The Morgan fingerprint density at radius 2 is 1.89 bits per heavy atom. The molecule has 0 aliphatic heterocycles. The number of nitrogens with zero attached hydrogens (tertiary/aromatic N) is 2. The molecule has 0 atom stereocenters. The van der Waals surface area contributed by atoms with E-state index in [1.54, 1.807) is 0 Å². The van der Waals surface area contributed by atoms with Crippen molar-refractivity contribution in [2.24, 2.45) is 5.10 Å². The third-order valence-electron chi connectivity index (χ3n) is 1.90. The van der Waals surface area contributed by atoms with Gasteiger partial charge in [-0.3, -0.25) is 9.59 Å². The number of carbonyl (C=O) groups excluding carboxylic acids is 2. The van der Waals surface area contributed by atoms with Crippen LogP contribution in [0.2, 0.25) is 0 Å². The summed E-state index contributed by atoms with van der Waals surface area (Å²) in [7, 11) is 0. The summed E-state index contributed by atoms with van der Waals surface area (Å²) >= 11 is 4.90. The fourth-order valence-electron chi connectivity index (χ4n) is 1.14. The van der Waals surface area contributed by atoms with Crippen LogP contribution >= 0.6 is 12.2 Å². The molecule has 0 unspecified atom stereocenters. The number of rotatable bonds is 2. The van der Waals surface area contributed by atoms with Crippen LogP contribution in [0.4, 0.5) is 0 Å². The lowest BCUT2D eigenvalue weighted by atomic mass is 10.2. The highest BCUT2D eigenvalue weighted by Gasteiger charge is 2.13. The van der Waals surface area contributed by atoms with Crippen LogP contribution in [0.15, 0.2) is 35.4 Å². The molecular weight excluding hydrogens is 250 g/mol. The second-order valence-corrected chi connectivity index (χ2v) is 3.86. The van der Waals surface area contributed by atoms with Crippen molar-refractivity contribution in [3.63, 3.8) is 0 Å². The van der Waals surface area contributed by atoms with Crippen LogP contribution in [-0.2, 0) is 9.59 Å². The van der Waals surface area contributed by atoms with Crippen molar-refractivity contribution in [2.75, 3.05) is 0 Å². The van der Waals surface area contributed by atoms with Gasteiger partial charge < -0.3 is 5.32 Å². The summed E-state index contributed by atoms with van der Waals surface area (Å²) in [5, 5.41) is 7.22. The van der Waals surface area contributed by atoms with E-state index in [2.05, 4.69) is 10.4 Å². The van der Waals surface area contributed by atoms with Crippen molar-refractivity contribution < 1.29 is 9.59 Å². The lowest BCUT2D eigenvalue weighted by Crippen LogP contribution is -2.41. The van der Waals surface area contributed by atoms with Crippen LogP contribution in [0.3, 0.4) is 0 Å². The summed E-state index contributed by atoms with van der Waals surface area (Å²) in [5.41, 5.74) is 0.828. The van der Waals surface area contributed by atoms with E-state index in [1.165, 1.54) is 20.1 Å². The minimum atomic E-state index is -0.374. The first kappa shape index (κ1) is 14.0. The first-order chi connectivity index (χ1) is 8.50. The van der Waals surface area contributed by atoms with Gasteiger partial charge in [0.2, 0.25) is 16.9 Å². The molecule has 0 spiro atoms. The van der Waals surface area contributed by atoms with Crippen LogP contribution < -0.4 is 5.32 Å². The minimum Gasteiger partial charge on any atom is -0.301 e. The van der Waals surface area contributed by atoms with E-state index < -0.39 is 0 Å². The van der Waals surface area contributed by atoms with Gasteiger partial charge in [0.25, 0.3) is 0 Å². The molecule has 0 fully saturated rings. The molecule has 0 saturated carbocycles. The first-order valence-electron chi connectivity index (χ1n) is 5.22. The Morgan fingerprint density at radius 1 is 1.28 bits per heavy atom. The van der Waals surface area contributed by atoms with Gasteiger partial charge in [-0.1, -0.05) is 30.3 Å². The van der Waals surface area contributed by atoms with E-state index in [0.717, 1.165) is 10.6 Å². The molecule has 18 heavy (non-hydrogen) atoms. The van der Waals surface area contributed by atoms with Gasteiger partial charge in [0.15, 0.2) is 0 Å². The van der Waals surface area contributed by atoms with Gasteiger partial charge in [-0.25, -0.2) is 0 Å². The molecule has 0 aliphatic rings. The zero-order valence-corrected chi connectivity index (χ0v) is 10.9. The van der Waals surface area contributed by atoms with Gasteiger partial charge in [-0.15, -0.1) is 0 Å². The average molecular weight is 263 g/mol. The lowest BCUT2D eigenvalue weighted by Gasteiger charge is -2.15. The number of hydrogen-bond acceptors (Lipinski definition) is 4. The Morgan fingerprint density at radius 3 is 2.39 bits per heavy atom. The van der Waals surface area contributed by atoms with Gasteiger partial charge in [0.05, 0.1) is 6.21 Å². The third kappa shape index (κ3) is 4.42. The number of hydrogen-bond donors (Lipinski definition) is 1. The Labute approximate surface area is 110 Å². The van der Waals surface area contributed by atoms with Crippen molar-refractivity contribution >= 4 is 35.4 Å². The van der Waals surface area contributed by atoms with Gasteiger partial charge in [-0.05, 0) is 17.8 Å². The van der Waals surface area contributed by atoms with Crippen molar-refractivity contribution in [2.45, 2.75) is 13.8 Å². The number of nitrogens with one attached hydrogen (secondary N) is 1. The molecule has 94 valence electrons. The summed E-state index contributed by atoms with van der Waals surface area (Å²) in [6, 6.07) is 9.26. The van der Waals surface area contributed by atoms with E-state index in [1.807, 2.05) is 30.3 Å². The summed E-state index contributed by atoms with van der Waals surface area (Å²) in [6.45, 7) is 2.63. The van der Waals surface area contributed by atoms with Gasteiger partial charge >= 0.3 is 0 Å². The molecule has 0 aliphatic carbocycles. The monoisotopic (exact) mass is 263 g/mol. The second-order valence-electron chi connectivity index (χ2n) is 3.47. The molecule has 1 aromatic rings. The fraction of sp³-hybridized carbons (Fsp3) is 0.167. The highest BCUT2D eigenvalue weighted by Crippen LogP contribution is 1.97. The van der Waals surface area contributed by atoms with Crippen LogP contribution in [0.1, 0.15) is 19.4 Å². The Kier molecular flexibility index (Phi) is 5.13. The maximum Gasteiger partial charge on any atom is 0.246 e. The summed E-state index contributed by atoms with van der Waals surface area (Å²) in [6.07, 6.45) is 1.50. The van der Waals surface area contributed by atoms with E-state index in [0.29, 0.717) is 0 Å². The second kappa shape index (κ2) is 6.61. The zero-order valence-electron chi connectivity index (χ0n) is 10.1. The van der Waals surface area contributed by atoms with E-state index in [4.69, 9.17) is 12.2 Å². The molecule has 0 saturated heterocycles. The first-order valence-corrected chi connectivity index (χ1v) is 5.63. The summed E-state index contributed by atoms with van der Waals surface area (Å²) in [5.74, 6) is -0.720. The molecular formula is C12H13N3O2S. The summed E-state index contributed by atoms with van der Waals surface area (Å²) in [4.78, 5) is 22.2. The van der Waals surface area contributed by atoms with Crippen LogP contribution in [-0.4, -0.2) is 28.2 Å². The molecule has 0 aromatic heterocycles.